The van der Waals surface area contributed by atoms with Gasteiger partial charge in [-0.15, -0.1) is 0 Å². The van der Waals surface area contributed by atoms with Crippen molar-refractivity contribution < 1.29 is 19.4 Å². The van der Waals surface area contributed by atoms with Gasteiger partial charge in [0.15, 0.2) is 6.10 Å². The lowest BCUT2D eigenvalue weighted by atomic mass is 10.0. The van der Waals surface area contributed by atoms with Gasteiger partial charge in [0.1, 0.15) is 24.2 Å². The summed E-state index contributed by atoms with van der Waals surface area (Å²) in [6, 6.07) is 13.5. The number of benzene rings is 2. The number of carbonyl (C=O) groups excluding carboxylic acids is 1. The van der Waals surface area contributed by atoms with Gasteiger partial charge in [0.25, 0.3) is 0 Å². The molecule has 1 unspecified atom stereocenters. The van der Waals surface area contributed by atoms with E-state index < -0.39 is 12.1 Å². The van der Waals surface area contributed by atoms with Crippen molar-refractivity contribution >= 4 is 5.97 Å². The molecule has 0 N–H and O–H groups in total. The second kappa shape index (κ2) is 7.84. The number of nitrogens with zero attached hydrogens (tertiary/aromatic N) is 1. The SMILES string of the molecule is C=CCOc1ccc(C#N)c(OC(C(=O)[O-])c2ccccc2C)c1. The van der Waals surface area contributed by atoms with Crippen LogP contribution in [0, 0.1) is 18.3 Å². The van der Waals surface area contributed by atoms with E-state index in [9.17, 15) is 15.2 Å². The first-order chi connectivity index (χ1) is 11.6. The molecule has 0 aliphatic heterocycles. The van der Waals surface area contributed by atoms with E-state index in [0.29, 0.717) is 11.3 Å². The van der Waals surface area contributed by atoms with E-state index in [-0.39, 0.29) is 17.9 Å². The highest BCUT2D eigenvalue weighted by Crippen LogP contribution is 2.30. The summed E-state index contributed by atoms with van der Waals surface area (Å²) in [7, 11) is 0. The third-order valence-corrected chi connectivity index (χ3v) is 3.37. The van der Waals surface area contributed by atoms with Gasteiger partial charge >= 0.3 is 0 Å². The maximum Gasteiger partial charge on any atom is 0.163 e. The van der Waals surface area contributed by atoms with Crippen molar-refractivity contribution in [1.82, 2.24) is 0 Å². The highest BCUT2D eigenvalue weighted by Gasteiger charge is 2.19. The lowest BCUT2D eigenvalue weighted by Crippen LogP contribution is -2.33. The van der Waals surface area contributed by atoms with Gasteiger partial charge in [-0.1, -0.05) is 36.9 Å². The van der Waals surface area contributed by atoms with E-state index in [1.807, 2.05) is 6.07 Å². The number of carbonyl (C=O) groups is 1. The minimum Gasteiger partial charge on any atom is -0.546 e. The molecule has 0 fully saturated rings. The fourth-order valence-corrected chi connectivity index (χ4v) is 2.18. The molecule has 0 bridgehead atoms. The summed E-state index contributed by atoms with van der Waals surface area (Å²) >= 11 is 0. The highest BCUT2D eigenvalue weighted by molar-refractivity contribution is 5.73. The number of aryl methyl sites for hydroxylation is 1. The average Bonchev–Trinajstić information content (AvgIpc) is 2.58. The molecule has 24 heavy (non-hydrogen) atoms. The second-order valence-corrected chi connectivity index (χ2v) is 5.04. The normalized spacial score (nSPS) is 11.2. The number of carboxylic acids is 1. The van der Waals surface area contributed by atoms with Gasteiger partial charge in [-0.25, -0.2) is 0 Å². The Balaban J connectivity index is 2.39. The maximum absolute atomic E-state index is 11.5. The van der Waals surface area contributed by atoms with Crippen LogP contribution in [0.1, 0.15) is 22.8 Å². The van der Waals surface area contributed by atoms with Gasteiger partial charge in [-0.3, -0.25) is 0 Å². The van der Waals surface area contributed by atoms with Crippen molar-refractivity contribution in [2.24, 2.45) is 0 Å². The molecule has 2 aromatic rings. The molecule has 122 valence electrons. The van der Waals surface area contributed by atoms with Crippen LogP contribution in [0.2, 0.25) is 0 Å². The van der Waals surface area contributed by atoms with Crippen LogP contribution in [0.15, 0.2) is 55.1 Å². The zero-order valence-electron chi connectivity index (χ0n) is 13.2. The van der Waals surface area contributed by atoms with Gasteiger partial charge < -0.3 is 19.4 Å². The molecule has 2 aromatic carbocycles. The predicted octanol–water partition coefficient (Wildman–Crippen LogP) is 2.30. The Morgan fingerprint density at radius 1 is 1.38 bits per heavy atom. The molecule has 5 heteroatoms. The van der Waals surface area contributed by atoms with Gasteiger partial charge in [0.05, 0.1) is 11.5 Å². The number of ether oxygens (including phenoxy) is 2. The van der Waals surface area contributed by atoms with Crippen molar-refractivity contribution in [3.05, 3.63) is 71.8 Å². The quantitative estimate of drug-likeness (QED) is 0.731. The Kier molecular flexibility index (Phi) is 5.58. The highest BCUT2D eigenvalue weighted by atomic mass is 16.5. The topological polar surface area (TPSA) is 82.4 Å². The van der Waals surface area contributed by atoms with Crippen LogP contribution in [0.25, 0.3) is 0 Å². The smallest absolute Gasteiger partial charge is 0.163 e. The van der Waals surface area contributed by atoms with E-state index in [1.54, 1.807) is 43.3 Å². The minimum absolute atomic E-state index is 0.122. The third kappa shape index (κ3) is 3.93. The molecule has 0 amide bonds. The summed E-state index contributed by atoms with van der Waals surface area (Å²) in [6.45, 7) is 5.62. The molecule has 0 aromatic heterocycles. The van der Waals surface area contributed by atoms with Gasteiger partial charge in [-0.2, -0.15) is 5.26 Å². The molecule has 2 rings (SSSR count). The molecule has 0 saturated carbocycles. The third-order valence-electron chi connectivity index (χ3n) is 3.37. The average molecular weight is 322 g/mol. The number of carboxylic acid groups (broad SMARTS) is 1. The summed E-state index contributed by atoms with van der Waals surface area (Å²) in [4.78, 5) is 11.5. The predicted molar refractivity (Wildman–Crippen MR) is 86.4 cm³/mol. The molecule has 0 aliphatic rings. The number of hydrogen-bond acceptors (Lipinski definition) is 5. The van der Waals surface area contributed by atoms with Crippen molar-refractivity contribution in [1.29, 1.82) is 5.26 Å². The minimum atomic E-state index is -1.38. The largest absolute Gasteiger partial charge is 0.546 e. The zero-order valence-corrected chi connectivity index (χ0v) is 13.2. The fourth-order valence-electron chi connectivity index (χ4n) is 2.18. The first kappa shape index (κ1) is 17.1. The zero-order chi connectivity index (χ0) is 17.5. The summed E-state index contributed by atoms with van der Waals surface area (Å²) < 4.78 is 11.0. The van der Waals surface area contributed by atoms with Crippen molar-refractivity contribution in [3.8, 4) is 17.6 Å². The molecule has 0 heterocycles. The molecular formula is C19H16NO4-. The van der Waals surface area contributed by atoms with Crippen LogP contribution >= 0.6 is 0 Å². The summed E-state index contributed by atoms with van der Waals surface area (Å²) in [5.74, 6) is -0.812. The van der Waals surface area contributed by atoms with Crippen LogP contribution in [0.3, 0.4) is 0 Å². The number of rotatable bonds is 7. The second-order valence-electron chi connectivity index (χ2n) is 5.04. The van der Waals surface area contributed by atoms with E-state index in [4.69, 9.17) is 9.47 Å². The lowest BCUT2D eigenvalue weighted by Gasteiger charge is -2.23. The van der Waals surface area contributed by atoms with E-state index in [1.165, 1.54) is 12.1 Å². The summed E-state index contributed by atoms with van der Waals surface area (Å²) in [5.41, 5.74) is 1.43. The Morgan fingerprint density at radius 3 is 2.75 bits per heavy atom. The van der Waals surface area contributed by atoms with Gasteiger partial charge in [0.2, 0.25) is 0 Å². The monoisotopic (exact) mass is 322 g/mol. The van der Waals surface area contributed by atoms with Gasteiger partial charge in [-0.05, 0) is 24.6 Å². The molecular weight excluding hydrogens is 306 g/mol. The van der Waals surface area contributed by atoms with Crippen LogP contribution in [0.4, 0.5) is 0 Å². The maximum atomic E-state index is 11.5. The van der Waals surface area contributed by atoms with Crippen LogP contribution in [0.5, 0.6) is 11.5 Å². The van der Waals surface area contributed by atoms with Gasteiger partial charge in [0, 0.05) is 11.6 Å². The Labute approximate surface area is 140 Å². The number of aliphatic carboxylic acids is 1. The first-order valence-corrected chi connectivity index (χ1v) is 7.27. The number of nitriles is 1. The summed E-state index contributed by atoms with van der Waals surface area (Å²) in [6.07, 6.45) is 0.253. The van der Waals surface area contributed by atoms with Crippen LogP contribution in [-0.2, 0) is 4.79 Å². The van der Waals surface area contributed by atoms with E-state index in [0.717, 1.165) is 5.56 Å². The van der Waals surface area contributed by atoms with Crippen LogP contribution in [-0.4, -0.2) is 12.6 Å². The fraction of sp³-hybridized carbons (Fsp3) is 0.158. The Morgan fingerprint density at radius 2 is 2.12 bits per heavy atom. The molecule has 1 atom stereocenters. The lowest BCUT2D eigenvalue weighted by molar-refractivity contribution is -0.314. The number of hydrogen-bond donors (Lipinski definition) is 0. The standard InChI is InChI=1S/C19H17NO4/c1-3-10-23-15-9-8-14(12-20)17(11-15)24-18(19(21)22)16-7-5-4-6-13(16)2/h3-9,11,18H,1,10H2,2H3,(H,21,22)/p-1. The van der Waals surface area contributed by atoms with Crippen molar-refractivity contribution in [3.63, 3.8) is 0 Å². The first-order valence-electron chi connectivity index (χ1n) is 7.27. The summed E-state index contributed by atoms with van der Waals surface area (Å²) in [5, 5.41) is 20.8. The Hall–Kier alpha value is -3.26. The molecule has 0 spiro atoms. The van der Waals surface area contributed by atoms with Crippen molar-refractivity contribution in [2.45, 2.75) is 13.0 Å². The molecule has 5 nitrogen and oxygen atoms in total. The van der Waals surface area contributed by atoms with Crippen LogP contribution < -0.4 is 14.6 Å². The van der Waals surface area contributed by atoms with E-state index in [2.05, 4.69) is 6.58 Å². The molecule has 0 radical (unpaired) electrons. The molecule has 0 aliphatic carbocycles. The Bertz CT molecular complexity index is 792. The van der Waals surface area contributed by atoms with E-state index >= 15 is 0 Å². The van der Waals surface area contributed by atoms with Crippen molar-refractivity contribution in [2.75, 3.05) is 6.61 Å². The molecule has 0 saturated heterocycles.